The van der Waals surface area contributed by atoms with Crippen molar-refractivity contribution in [2.45, 2.75) is 26.2 Å². The molecule has 3 aromatic carbocycles. The molecular weight excluding hydrogens is 418 g/mol. The molecule has 3 N–H and O–H groups in total. The van der Waals surface area contributed by atoms with Gasteiger partial charge in [0.25, 0.3) is 11.8 Å². The fraction of sp³-hybridized carbons (Fsp3) is 0.192. The van der Waals surface area contributed by atoms with Crippen LogP contribution in [0.3, 0.4) is 0 Å². The van der Waals surface area contributed by atoms with Crippen LogP contribution >= 0.6 is 0 Å². The van der Waals surface area contributed by atoms with Crippen LogP contribution in [0.2, 0.25) is 0 Å². The Morgan fingerprint density at radius 2 is 1.45 bits per heavy atom. The average Bonchev–Trinajstić information content (AvgIpc) is 2.84. The molecule has 0 saturated carbocycles. The molecule has 0 unspecified atom stereocenters. The minimum absolute atomic E-state index is 0.0772. The summed E-state index contributed by atoms with van der Waals surface area (Å²) in [6.07, 6.45) is 1.90. The summed E-state index contributed by atoms with van der Waals surface area (Å²) in [4.78, 5) is 36.7. The Morgan fingerprint density at radius 3 is 2.18 bits per heavy atom. The van der Waals surface area contributed by atoms with Gasteiger partial charge in [-0.2, -0.15) is 0 Å². The number of benzene rings is 3. The van der Waals surface area contributed by atoms with Crippen LogP contribution in [0.1, 0.15) is 46.0 Å². The maximum atomic E-state index is 12.6. The normalized spacial score (nSPS) is 10.2. The number of hydrogen-bond donors (Lipinski definition) is 3. The Labute approximate surface area is 193 Å². The van der Waals surface area contributed by atoms with E-state index in [-0.39, 0.29) is 5.91 Å². The van der Waals surface area contributed by atoms with Crippen molar-refractivity contribution in [3.63, 3.8) is 0 Å². The quantitative estimate of drug-likeness (QED) is 0.432. The molecule has 0 spiro atoms. The first-order chi connectivity index (χ1) is 16.1. The zero-order valence-electron chi connectivity index (χ0n) is 18.5. The summed E-state index contributed by atoms with van der Waals surface area (Å²) >= 11 is 0. The molecule has 170 valence electrons. The minimum atomic E-state index is -0.484. The van der Waals surface area contributed by atoms with Crippen LogP contribution in [-0.2, 0) is 11.2 Å². The molecule has 0 aliphatic heterocycles. The molecular formula is C26H27N3O4. The van der Waals surface area contributed by atoms with Crippen LogP contribution in [0.4, 0.5) is 5.69 Å². The summed E-state index contributed by atoms with van der Waals surface area (Å²) in [5, 5.41) is 2.76. The van der Waals surface area contributed by atoms with Crippen LogP contribution in [0, 0.1) is 0 Å². The van der Waals surface area contributed by atoms with Crippen LogP contribution in [0.5, 0.6) is 5.75 Å². The van der Waals surface area contributed by atoms with E-state index >= 15 is 0 Å². The lowest BCUT2D eigenvalue weighted by molar-refractivity contribution is -0.116. The molecule has 7 heteroatoms. The third-order valence-electron chi connectivity index (χ3n) is 4.82. The molecule has 0 atom stereocenters. The molecule has 0 aliphatic carbocycles. The lowest BCUT2D eigenvalue weighted by Gasteiger charge is -2.12. The summed E-state index contributed by atoms with van der Waals surface area (Å²) in [5.41, 5.74) is 7.24. The summed E-state index contributed by atoms with van der Waals surface area (Å²) in [6, 6.07) is 23.2. The number of carbonyl (C=O) groups excluding carboxylic acids is 3. The van der Waals surface area contributed by atoms with Crippen molar-refractivity contribution in [3.05, 3.63) is 95.6 Å². The van der Waals surface area contributed by atoms with Gasteiger partial charge in [-0.15, -0.1) is 0 Å². The predicted molar refractivity (Wildman–Crippen MR) is 127 cm³/mol. The van der Waals surface area contributed by atoms with E-state index in [0.29, 0.717) is 42.0 Å². The first-order valence-electron chi connectivity index (χ1n) is 10.8. The van der Waals surface area contributed by atoms with Crippen molar-refractivity contribution in [2.24, 2.45) is 0 Å². The number of carbonyl (C=O) groups is 3. The molecule has 3 rings (SSSR count). The predicted octanol–water partition coefficient (Wildman–Crippen LogP) is 4.12. The first-order valence-corrected chi connectivity index (χ1v) is 10.8. The second kappa shape index (κ2) is 12.0. The Bertz CT molecular complexity index is 1080. The Hall–Kier alpha value is -4.13. The highest BCUT2D eigenvalue weighted by molar-refractivity contribution is 6.00. The lowest BCUT2D eigenvalue weighted by Crippen LogP contribution is -2.41. The summed E-state index contributed by atoms with van der Waals surface area (Å²) < 4.78 is 5.81. The molecule has 3 amide bonds. The summed E-state index contributed by atoms with van der Waals surface area (Å²) in [7, 11) is 0. The van der Waals surface area contributed by atoms with Gasteiger partial charge in [-0.05, 0) is 48.4 Å². The number of nitrogens with one attached hydrogen (secondary N) is 3. The number of para-hydroxylation sites is 1. The monoisotopic (exact) mass is 445 g/mol. The Kier molecular flexibility index (Phi) is 8.59. The molecule has 0 radical (unpaired) electrons. The first kappa shape index (κ1) is 23.5. The van der Waals surface area contributed by atoms with E-state index in [2.05, 4.69) is 16.2 Å². The fourth-order valence-electron chi connectivity index (χ4n) is 3.11. The molecule has 0 fully saturated rings. The minimum Gasteiger partial charge on any atom is -0.492 e. The lowest BCUT2D eigenvalue weighted by atomic mass is 10.1. The van der Waals surface area contributed by atoms with Crippen LogP contribution in [0.25, 0.3) is 0 Å². The number of ether oxygens (including phenoxy) is 1. The summed E-state index contributed by atoms with van der Waals surface area (Å²) in [6.45, 7) is 2.35. The van der Waals surface area contributed by atoms with Gasteiger partial charge in [0.05, 0.1) is 12.2 Å². The topological polar surface area (TPSA) is 96.5 Å². The third-order valence-corrected chi connectivity index (χ3v) is 4.82. The Balaban J connectivity index is 1.53. The van der Waals surface area contributed by atoms with Gasteiger partial charge in [-0.1, -0.05) is 49.4 Å². The maximum absolute atomic E-state index is 12.6. The third kappa shape index (κ3) is 7.21. The van der Waals surface area contributed by atoms with Crippen LogP contribution in [-0.4, -0.2) is 24.3 Å². The fourth-order valence-corrected chi connectivity index (χ4v) is 3.11. The number of rotatable bonds is 9. The maximum Gasteiger partial charge on any atom is 0.273 e. The SMILES string of the molecule is CCCC(=O)Nc1ccc(C(=O)NNC(=O)c2ccccc2OCCc2ccccc2)cc1. The van der Waals surface area contributed by atoms with Crippen molar-refractivity contribution < 1.29 is 19.1 Å². The van der Waals surface area contributed by atoms with Gasteiger partial charge < -0.3 is 10.1 Å². The van der Waals surface area contributed by atoms with Gasteiger partial charge in [0.2, 0.25) is 5.91 Å². The zero-order chi connectivity index (χ0) is 23.5. The molecule has 0 saturated heterocycles. The standard InChI is InChI=1S/C26H27N3O4/c1-2-8-24(30)27-21-15-13-20(14-16-21)25(31)28-29-26(32)22-11-6-7-12-23(22)33-18-17-19-9-4-3-5-10-19/h3-7,9-16H,2,8,17-18H2,1H3,(H,27,30)(H,28,31)(H,29,32). The number of anilines is 1. The number of amides is 3. The van der Waals surface area contributed by atoms with Crippen molar-refractivity contribution in [1.29, 1.82) is 0 Å². The second-order valence-electron chi connectivity index (χ2n) is 7.36. The van der Waals surface area contributed by atoms with Crippen LogP contribution < -0.4 is 20.9 Å². The van der Waals surface area contributed by atoms with E-state index in [4.69, 9.17) is 4.74 Å². The molecule has 0 bridgehead atoms. The van der Waals surface area contributed by atoms with E-state index in [1.807, 2.05) is 37.3 Å². The van der Waals surface area contributed by atoms with Gasteiger partial charge in [0, 0.05) is 24.1 Å². The molecule has 33 heavy (non-hydrogen) atoms. The van der Waals surface area contributed by atoms with Gasteiger partial charge in [-0.3, -0.25) is 25.2 Å². The number of hydrogen-bond acceptors (Lipinski definition) is 4. The van der Waals surface area contributed by atoms with E-state index in [1.54, 1.807) is 48.5 Å². The molecule has 0 aliphatic rings. The van der Waals surface area contributed by atoms with E-state index in [9.17, 15) is 14.4 Å². The molecule has 7 nitrogen and oxygen atoms in total. The highest BCUT2D eigenvalue weighted by Gasteiger charge is 2.14. The van der Waals surface area contributed by atoms with Gasteiger partial charge in [0.15, 0.2) is 0 Å². The zero-order valence-corrected chi connectivity index (χ0v) is 18.5. The molecule has 0 aromatic heterocycles. The van der Waals surface area contributed by atoms with E-state index < -0.39 is 11.8 Å². The smallest absolute Gasteiger partial charge is 0.273 e. The van der Waals surface area contributed by atoms with Crippen molar-refractivity contribution in [3.8, 4) is 5.75 Å². The van der Waals surface area contributed by atoms with Crippen molar-refractivity contribution in [1.82, 2.24) is 10.9 Å². The largest absolute Gasteiger partial charge is 0.492 e. The van der Waals surface area contributed by atoms with Gasteiger partial charge >= 0.3 is 0 Å². The highest BCUT2D eigenvalue weighted by Crippen LogP contribution is 2.18. The van der Waals surface area contributed by atoms with Crippen molar-refractivity contribution >= 4 is 23.4 Å². The highest BCUT2D eigenvalue weighted by atomic mass is 16.5. The van der Waals surface area contributed by atoms with Gasteiger partial charge in [0.1, 0.15) is 5.75 Å². The summed E-state index contributed by atoms with van der Waals surface area (Å²) in [5.74, 6) is -0.599. The average molecular weight is 446 g/mol. The van der Waals surface area contributed by atoms with Crippen molar-refractivity contribution in [2.75, 3.05) is 11.9 Å². The Morgan fingerprint density at radius 1 is 0.788 bits per heavy atom. The molecule has 3 aromatic rings. The molecule has 0 heterocycles. The van der Waals surface area contributed by atoms with Crippen LogP contribution in [0.15, 0.2) is 78.9 Å². The second-order valence-corrected chi connectivity index (χ2v) is 7.36. The van der Waals surface area contributed by atoms with E-state index in [0.717, 1.165) is 12.0 Å². The van der Waals surface area contributed by atoms with Gasteiger partial charge in [-0.25, -0.2) is 0 Å². The van der Waals surface area contributed by atoms with E-state index in [1.165, 1.54) is 0 Å². The number of hydrazine groups is 1.